The maximum absolute atomic E-state index is 11.9. The number of amides is 1. The second-order valence-corrected chi connectivity index (χ2v) is 5.88. The monoisotopic (exact) mass is 278 g/mol. The third kappa shape index (κ3) is 6.06. The van der Waals surface area contributed by atoms with Gasteiger partial charge >= 0.3 is 0 Å². The average Bonchev–Trinajstić information content (AvgIpc) is 2.36. The van der Waals surface area contributed by atoms with Crippen LogP contribution in [0, 0.1) is 6.92 Å². The number of hydrogen-bond donors (Lipinski definition) is 2. The predicted molar refractivity (Wildman–Crippen MR) is 83.1 cm³/mol. The number of nitrogens with one attached hydrogen (secondary N) is 1. The van der Waals surface area contributed by atoms with Crippen molar-refractivity contribution in [3.8, 4) is 5.75 Å². The fourth-order valence-electron chi connectivity index (χ4n) is 1.71. The van der Waals surface area contributed by atoms with Gasteiger partial charge in [-0.05, 0) is 51.3 Å². The SMILES string of the molecule is CCCOc1cc(C)ccc1NC(=O)CCC(C)(C)N. The second kappa shape index (κ2) is 7.29. The van der Waals surface area contributed by atoms with Gasteiger partial charge in [-0.3, -0.25) is 4.79 Å². The standard InChI is InChI=1S/C16H26N2O2/c1-5-10-20-14-11-12(2)6-7-13(14)18-15(19)8-9-16(3,4)17/h6-7,11H,5,8-10,17H2,1-4H3,(H,18,19). The van der Waals surface area contributed by atoms with Crippen molar-refractivity contribution < 1.29 is 9.53 Å². The minimum Gasteiger partial charge on any atom is -0.491 e. The molecule has 0 radical (unpaired) electrons. The van der Waals surface area contributed by atoms with E-state index in [0.717, 1.165) is 23.4 Å². The van der Waals surface area contributed by atoms with Crippen LogP contribution >= 0.6 is 0 Å². The van der Waals surface area contributed by atoms with E-state index < -0.39 is 0 Å². The van der Waals surface area contributed by atoms with Crippen LogP contribution in [-0.4, -0.2) is 18.1 Å². The molecule has 0 unspecified atom stereocenters. The molecule has 0 aliphatic heterocycles. The molecule has 0 fully saturated rings. The van der Waals surface area contributed by atoms with E-state index in [1.165, 1.54) is 0 Å². The smallest absolute Gasteiger partial charge is 0.224 e. The largest absolute Gasteiger partial charge is 0.491 e. The zero-order valence-electron chi connectivity index (χ0n) is 13.0. The highest BCUT2D eigenvalue weighted by atomic mass is 16.5. The van der Waals surface area contributed by atoms with Gasteiger partial charge in [0, 0.05) is 12.0 Å². The lowest BCUT2D eigenvalue weighted by Crippen LogP contribution is -2.33. The van der Waals surface area contributed by atoms with Crippen molar-refractivity contribution in [1.29, 1.82) is 0 Å². The van der Waals surface area contributed by atoms with Gasteiger partial charge in [-0.2, -0.15) is 0 Å². The van der Waals surface area contributed by atoms with Crippen molar-refractivity contribution in [3.63, 3.8) is 0 Å². The van der Waals surface area contributed by atoms with Crippen LogP contribution in [0.4, 0.5) is 5.69 Å². The third-order valence-corrected chi connectivity index (χ3v) is 2.87. The first-order chi connectivity index (χ1) is 9.31. The number of benzene rings is 1. The summed E-state index contributed by atoms with van der Waals surface area (Å²) in [7, 11) is 0. The maximum Gasteiger partial charge on any atom is 0.224 e. The summed E-state index contributed by atoms with van der Waals surface area (Å²) in [5.74, 6) is 0.695. The van der Waals surface area contributed by atoms with Gasteiger partial charge < -0.3 is 15.8 Å². The van der Waals surface area contributed by atoms with Gasteiger partial charge in [0.15, 0.2) is 0 Å². The van der Waals surface area contributed by atoms with E-state index >= 15 is 0 Å². The highest BCUT2D eigenvalue weighted by Gasteiger charge is 2.14. The summed E-state index contributed by atoms with van der Waals surface area (Å²) in [6.07, 6.45) is 1.99. The number of hydrogen-bond acceptors (Lipinski definition) is 3. The zero-order valence-corrected chi connectivity index (χ0v) is 13.0. The summed E-state index contributed by atoms with van der Waals surface area (Å²) in [4.78, 5) is 11.9. The highest BCUT2D eigenvalue weighted by molar-refractivity contribution is 5.92. The predicted octanol–water partition coefficient (Wildman–Crippen LogP) is 3.24. The Morgan fingerprint density at radius 1 is 1.40 bits per heavy atom. The summed E-state index contributed by atoms with van der Waals surface area (Å²) >= 11 is 0. The van der Waals surface area contributed by atoms with E-state index in [4.69, 9.17) is 10.5 Å². The second-order valence-electron chi connectivity index (χ2n) is 5.88. The first-order valence-electron chi connectivity index (χ1n) is 7.14. The van der Waals surface area contributed by atoms with Crippen LogP contribution in [0.25, 0.3) is 0 Å². The zero-order chi connectivity index (χ0) is 15.2. The molecule has 0 bridgehead atoms. The average molecular weight is 278 g/mol. The number of anilines is 1. The Kier molecular flexibility index (Phi) is 6.02. The summed E-state index contributed by atoms with van der Waals surface area (Å²) in [5, 5.41) is 2.90. The minimum absolute atomic E-state index is 0.0336. The van der Waals surface area contributed by atoms with Crippen LogP contribution in [-0.2, 0) is 4.79 Å². The van der Waals surface area contributed by atoms with Gasteiger partial charge in [-0.25, -0.2) is 0 Å². The maximum atomic E-state index is 11.9. The number of ether oxygens (including phenoxy) is 1. The van der Waals surface area contributed by atoms with Gasteiger partial charge in [0.2, 0.25) is 5.91 Å². The molecule has 0 saturated carbocycles. The van der Waals surface area contributed by atoms with Crippen molar-refractivity contribution in [2.24, 2.45) is 5.73 Å². The van der Waals surface area contributed by atoms with Crippen LogP contribution in [0.3, 0.4) is 0 Å². The van der Waals surface area contributed by atoms with Crippen molar-refractivity contribution in [1.82, 2.24) is 0 Å². The van der Waals surface area contributed by atoms with Crippen molar-refractivity contribution >= 4 is 11.6 Å². The van der Waals surface area contributed by atoms with Gasteiger partial charge in [0.1, 0.15) is 5.75 Å². The lowest BCUT2D eigenvalue weighted by molar-refractivity contribution is -0.116. The number of carbonyl (C=O) groups excluding carboxylic acids is 1. The lowest BCUT2D eigenvalue weighted by atomic mass is 10.00. The van der Waals surface area contributed by atoms with Crippen molar-refractivity contribution in [2.75, 3.05) is 11.9 Å². The molecule has 0 aromatic heterocycles. The molecule has 20 heavy (non-hydrogen) atoms. The molecule has 0 aliphatic carbocycles. The molecule has 1 amide bonds. The van der Waals surface area contributed by atoms with E-state index in [2.05, 4.69) is 12.2 Å². The minimum atomic E-state index is -0.327. The summed E-state index contributed by atoms with van der Waals surface area (Å²) in [5.41, 5.74) is 7.40. The van der Waals surface area contributed by atoms with Crippen LogP contribution in [0.5, 0.6) is 5.75 Å². The van der Waals surface area contributed by atoms with Crippen LogP contribution in [0.2, 0.25) is 0 Å². The van der Waals surface area contributed by atoms with Crippen molar-refractivity contribution in [3.05, 3.63) is 23.8 Å². The van der Waals surface area contributed by atoms with E-state index in [9.17, 15) is 4.79 Å². The molecule has 0 spiro atoms. The van der Waals surface area contributed by atoms with Crippen LogP contribution in [0.1, 0.15) is 45.6 Å². The fraction of sp³-hybridized carbons (Fsp3) is 0.562. The van der Waals surface area contributed by atoms with E-state index in [-0.39, 0.29) is 11.4 Å². The lowest BCUT2D eigenvalue weighted by Gasteiger charge is -2.18. The molecule has 1 aromatic rings. The van der Waals surface area contributed by atoms with Gasteiger partial charge in [0.05, 0.1) is 12.3 Å². The van der Waals surface area contributed by atoms with Gasteiger partial charge in [0.25, 0.3) is 0 Å². The van der Waals surface area contributed by atoms with Gasteiger partial charge in [-0.1, -0.05) is 13.0 Å². The number of carbonyl (C=O) groups is 1. The molecule has 112 valence electrons. The van der Waals surface area contributed by atoms with Crippen LogP contribution < -0.4 is 15.8 Å². The van der Waals surface area contributed by atoms with Gasteiger partial charge in [-0.15, -0.1) is 0 Å². The molecule has 3 N–H and O–H groups in total. The molecule has 0 heterocycles. The molecule has 4 heteroatoms. The van der Waals surface area contributed by atoms with E-state index in [1.54, 1.807) is 0 Å². The third-order valence-electron chi connectivity index (χ3n) is 2.87. The topological polar surface area (TPSA) is 64.3 Å². The van der Waals surface area contributed by atoms with E-state index in [0.29, 0.717) is 19.4 Å². The number of nitrogens with two attached hydrogens (primary N) is 1. The molecule has 4 nitrogen and oxygen atoms in total. The molecule has 1 aromatic carbocycles. The normalized spacial score (nSPS) is 11.2. The fourth-order valence-corrected chi connectivity index (χ4v) is 1.71. The molecular weight excluding hydrogens is 252 g/mol. The Morgan fingerprint density at radius 2 is 2.10 bits per heavy atom. The Bertz CT molecular complexity index is 450. The molecule has 0 saturated heterocycles. The Hall–Kier alpha value is -1.55. The molecular formula is C16H26N2O2. The number of rotatable bonds is 7. The van der Waals surface area contributed by atoms with Crippen LogP contribution in [0.15, 0.2) is 18.2 Å². The Labute approximate surface area is 121 Å². The first kappa shape index (κ1) is 16.5. The molecule has 0 atom stereocenters. The van der Waals surface area contributed by atoms with Crippen molar-refractivity contribution in [2.45, 2.75) is 52.5 Å². The quantitative estimate of drug-likeness (QED) is 0.804. The Balaban J connectivity index is 2.68. The highest BCUT2D eigenvalue weighted by Crippen LogP contribution is 2.26. The first-order valence-corrected chi connectivity index (χ1v) is 7.14. The molecule has 0 aliphatic rings. The molecule has 1 rings (SSSR count). The summed E-state index contributed by atoms with van der Waals surface area (Å²) in [6.45, 7) is 8.53. The Morgan fingerprint density at radius 3 is 2.70 bits per heavy atom. The number of aryl methyl sites for hydroxylation is 1. The van der Waals surface area contributed by atoms with E-state index in [1.807, 2.05) is 39.0 Å². The summed E-state index contributed by atoms with van der Waals surface area (Å²) in [6, 6.07) is 5.78. The summed E-state index contributed by atoms with van der Waals surface area (Å²) < 4.78 is 5.67.